The van der Waals surface area contributed by atoms with E-state index in [2.05, 4.69) is 6.08 Å². The molecule has 0 aromatic carbocycles. The lowest BCUT2D eigenvalue weighted by atomic mass is 9.76. The molecule has 2 heterocycles. The molecule has 82 valence electrons. The molecule has 2 aliphatic heterocycles. The highest BCUT2D eigenvalue weighted by Crippen LogP contribution is 2.35. The molecule has 1 amide bonds. The maximum absolute atomic E-state index is 11.5. The molecule has 2 bridgehead atoms. The molecule has 0 N–H and O–H groups in total. The molecule has 4 nitrogen and oxygen atoms in total. The lowest BCUT2D eigenvalue weighted by Gasteiger charge is -2.44. The predicted molar refractivity (Wildman–Crippen MR) is 54.3 cm³/mol. The number of piperidine rings is 1. The minimum absolute atomic E-state index is 0.0483. The number of Topliss-reactive ketones (excluding diaryl/α,β-unsaturated/α-hetero) is 1. The Bertz CT molecular complexity index is 324. The molecule has 0 aromatic rings. The summed E-state index contributed by atoms with van der Waals surface area (Å²) in [7, 11) is 1.37. The molecule has 0 unspecified atom stereocenters. The number of fused-ring (bicyclic) bond motifs is 2. The number of carbonyl (C=O) groups is 2. The number of ether oxygens (including phenoxy) is 1. The third-order valence-electron chi connectivity index (χ3n) is 3.27. The molecule has 1 saturated heterocycles. The van der Waals surface area contributed by atoms with Gasteiger partial charge in [0, 0.05) is 12.5 Å². The van der Waals surface area contributed by atoms with E-state index in [1.54, 1.807) is 11.8 Å². The van der Waals surface area contributed by atoms with Crippen molar-refractivity contribution in [3.05, 3.63) is 12.2 Å². The first-order valence-corrected chi connectivity index (χ1v) is 5.17. The van der Waals surface area contributed by atoms with Gasteiger partial charge in [-0.15, -0.1) is 0 Å². The van der Waals surface area contributed by atoms with Gasteiger partial charge in [0.15, 0.2) is 0 Å². The van der Waals surface area contributed by atoms with Crippen molar-refractivity contribution in [1.82, 2.24) is 4.90 Å². The van der Waals surface area contributed by atoms with Crippen LogP contribution in [-0.4, -0.2) is 36.5 Å². The molecular weight excluding hydrogens is 194 g/mol. The highest BCUT2D eigenvalue weighted by molar-refractivity contribution is 5.81. The Labute approximate surface area is 88.9 Å². The molecule has 0 spiro atoms. The zero-order valence-corrected chi connectivity index (χ0v) is 8.97. The quantitative estimate of drug-likeness (QED) is 0.610. The van der Waals surface area contributed by atoms with Crippen LogP contribution in [0, 0.1) is 11.8 Å². The first kappa shape index (κ1) is 10.2. The first-order valence-electron chi connectivity index (χ1n) is 5.17. The van der Waals surface area contributed by atoms with Gasteiger partial charge in [0.1, 0.15) is 5.78 Å². The van der Waals surface area contributed by atoms with Crippen LogP contribution in [0.15, 0.2) is 12.2 Å². The van der Waals surface area contributed by atoms with Crippen LogP contribution in [0.2, 0.25) is 0 Å². The molecule has 4 heteroatoms. The monoisotopic (exact) mass is 209 g/mol. The number of amides is 1. The average molecular weight is 209 g/mol. The maximum Gasteiger partial charge on any atom is 0.410 e. The second kappa shape index (κ2) is 3.68. The van der Waals surface area contributed by atoms with Crippen LogP contribution in [0.4, 0.5) is 4.79 Å². The zero-order valence-electron chi connectivity index (χ0n) is 8.97. The number of hydrogen-bond acceptors (Lipinski definition) is 3. The molecular formula is C11H15NO3. The number of nitrogens with zero attached hydrogens (tertiary/aromatic N) is 1. The van der Waals surface area contributed by atoms with Crippen molar-refractivity contribution in [2.75, 3.05) is 13.7 Å². The van der Waals surface area contributed by atoms with E-state index in [0.29, 0.717) is 12.5 Å². The van der Waals surface area contributed by atoms with E-state index in [1.165, 1.54) is 7.11 Å². The standard InChI is InChI=1S/C11H15NO3/c1-7(13)9-5-8-3-4-10(9)12(6-8)11(14)15-2/h3-4,8-10H,5-6H2,1-2H3/t8-,9-,10+/m0/s1. The van der Waals surface area contributed by atoms with E-state index in [-0.39, 0.29) is 23.8 Å². The smallest absolute Gasteiger partial charge is 0.410 e. The van der Waals surface area contributed by atoms with Crippen molar-refractivity contribution in [3.8, 4) is 0 Å². The Kier molecular flexibility index (Phi) is 2.50. The van der Waals surface area contributed by atoms with Gasteiger partial charge in [-0.25, -0.2) is 4.79 Å². The van der Waals surface area contributed by atoms with Crippen LogP contribution in [0.1, 0.15) is 13.3 Å². The number of rotatable bonds is 1. The van der Waals surface area contributed by atoms with Gasteiger partial charge in [-0.1, -0.05) is 12.2 Å². The second-order valence-electron chi connectivity index (χ2n) is 4.21. The van der Waals surface area contributed by atoms with Gasteiger partial charge in [-0.05, 0) is 19.3 Å². The lowest BCUT2D eigenvalue weighted by molar-refractivity contribution is -0.124. The summed E-state index contributed by atoms with van der Waals surface area (Å²) in [5.74, 6) is 0.416. The van der Waals surface area contributed by atoms with E-state index in [9.17, 15) is 9.59 Å². The predicted octanol–water partition coefficient (Wildman–Crippen LogP) is 1.22. The fourth-order valence-electron chi connectivity index (χ4n) is 2.50. The number of ketones is 1. The third-order valence-corrected chi connectivity index (χ3v) is 3.27. The Balaban J connectivity index is 2.21. The van der Waals surface area contributed by atoms with Gasteiger partial charge in [0.2, 0.25) is 0 Å². The van der Waals surface area contributed by atoms with Gasteiger partial charge in [0.05, 0.1) is 13.2 Å². The normalized spacial score (nSPS) is 32.9. The Morgan fingerprint density at radius 1 is 1.40 bits per heavy atom. The molecule has 3 aliphatic rings. The van der Waals surface area contributed by atoms with Gasteiger partial charge in [0.25, 0.3) is 0 Å². The average Bonchev–Trinajstić information content (AvgIpc) is 2.28. The van der Waals surface area contributed by atoms with Crippen LogP contribution in [0.25, 0.3) is 0 Å². The molecule has 1 fully saturated rings. The van der Waals surface area contributed by atoms with Gasteiger partial charge >= 0.3 is 6.09 Å². The minimum Gasteiger partial charge on any atom is -0.453 e. The summed E-state index contributed by atoms with van der Waals surface area (Å²) >= 11 is 0. The maximum atomic E-state index is 11.5. The van der Waals surface area contributed by atoms with E-state index < -0.39 is 0 Å². The molecule has 3 rings (SSSR count). The van der Waals surface area contributed by atoms with E-state index in [4.69, 9.17) is 4.74 Å². The third kappa shape index (κ3) is 1.64. The van der Waals surface area contributed by atoms with Crippen molar-refractivity contribution in [3.63, 3.8) is 0 Å². The summed E-state index contributed by atoms with van der Waals surface area (Å²) in [6, 6.07) is -0.0973. The summed E-state index contributed by atoms with van der Waals surface area (Å²) in [5.41, 5.74) is 0. The van der Waals surface area contributed by atoms with Crippen LogP contribution in [0.3, 0.4) is 0 Å². The fourth-order valence-corrected chi connectivity index (χ4v) is 2.50. The van der Waals surface area contributed by atoms with Crippen molar-refractivity contribution in [1.29, 1.82) is 0 Å². The highest BCUT2D eigenvalue weighted by atomic mass is 16.5. The van der Waals surface area contributed by atoms with Crippen molar-refractivity contribution in [2.45, 2.75) is 19.4 Å². The van der Waals surface area contributed by atoms with Gasteiger partial charge < -0.3 is 9.64 Å². The molecule has 1 aliphatic carbocycles. The first-order chi connectivity index (χ1) is 7.13. The molecule has 0 saturated carbocycles. The van der Waals surface area contributed by atoms with E-state index >= 15 is 0 Å². The molecule has 15 heavy (non-hydrogen) atoms. The summed E-state index contributed by atoms with van der Waals surface area (Å²) < 4.78 is 4.71. The second-order valence-corrected chi connectivity index (χ2v) is 4.21. The summed E-state index contributed by atoms with van der Waals surface area (Å²) in [6.45, 7) is 2.27. The van der Waals surface area contributed by atoms with Crippen LogP contribution in [0.5, 0.6) is 0 Å². The Morgan fingerprint density at radius 2 is 2.13 bits per heavy atom. The van der Waals surface area contributed by atoms with Crippen LogP contribution >= 0.6 is 0 Å². The lowest BCUT2D eigenvalue weighted by Crippen LogP contribution is -2.54. The topological polar surface area (TPSA) is 46.6 Å². The summed E-state index contributed by atoms with van der Waals surface area (Å²) in [6.07, 6.45) is 4.59. The van der Waals surface area contributed by atoms with Crippen molar-refractivity contribution >= 4 is 11.9 Å². The molecule has 0 aromatic heterocycles. The Morgan fingerprint density at radius 3 is 2.67 bits per heavy atom. The van der Waals surface area contributed by atoms with E-state index in [0.717, 1.165) is 6.42 Å². The summed E-state index contributed by atoms with van der Waals surface area (Å²) in [5, 5.41) is 0. The number of hydrogen-bond donors (Lipinski definition) is 0. The van der Waals surface area contributed by atoms with Crippen LogP contribution < -0.4 is 0 Å². The molecule has 3 atom stereocenters. The number of methoxy groups -OCH3 is 1. The largest absolute Gasteiger partial charge is 0.453 e. The van der Waals surface area contributed by atoms with Gasteiger partial charge in [-0.2, -0.15) is 0 Å². The van der Waals surface area contributed by atoms with Crippen molar-refractivity contribution < 1.29 is 14.3 Å². The minimum atomic E-state index is -0.333. The SMILES string of the molecule is COC(=O)N1C[C@H]2C=C[C@@H]1[C@H](C(C)=O)C2. The van der Waals surface area contributed by atoms with Crippen LogP contribution in [-0.2, 0) is 9.53 Å². The summed E-state index contributed by atoms with van der Waals surface area (Å²) in [4.78, 5) is 24.6. The molecule has 0 radical (unpaired) electrons. The highest BCUT2D eigenvalue weighted by Gasteiger charge is 2.42. The Hall–Kier alpha value is -1.32. The van der Waals surface area contributed by atoms with Crippen molar-refractivity contribution in [2.24, 2.45) is 11.8 Å². The van der Waals surface area contributed by atoms with Gasteiger partial charge in [-0.3, -0.25) is 4.79 Å². The zero-order chi connectivity index (χ0) is 11.0. The van der Waals surface area contributed by atoms with E-state index in [1.807, 2.05) is 6.08 Å². The number of carbonyl (C=O) groups excluding carboxylic acids is 2. The fraction of sp³-hybridized carbons (Fsp3) is 0.636.